The lowest BCUT2D eigenvalue weighted by Gasteiger charge is -2.09. The van der Waals surface area contributed by atoms with Crippen LogP contribution in [0.3, 0.4) is 0 Å². The minimum Gasteiger partial charge on any atom is -0.473 e. The first-order chi connectivity index (χ1) is 16.7. The molecule has 1 aromatic carbocycles. The highest BCUT2D eigenvalue weighted by molar-refractivity contribution is 6.36. The van der Waals surface area contributed by atoms with Crippen molar-refractivity contribution in [3.63, 3.8) is 0 Å². The Hall–Kier alpha value is -3.47. The van der Waals surface area contributed by atoms with Crippen molar-refractivity contribution in [3.8, 4) is 0 Å². The number of aliphatic carboxylic acids is 2. The predicted molar refractivity (Wildman–Crippen MR) is 131 cm³/mol. The van der Waals surface area contributed by atoms with Crippen molar-refractivity contribution in [3.05, 3.63) is 81.0 Å². The molecular weight excluding hydrogens is 495 g/mol. The van der Waals surface area contributed by atoms with Crippen molar-refractivity contribution in [1.29, 1.82) is 0 Å². The molecule has 0 unspecified atom stereocenters. The highest BCUT2D eigenvalue weighted by Gasteiger charge is 2.14. The van der Waals surface area contributed by atoms with Gasteiger partial charge < -0.3 is 15.5 Å². The van der Waals surface area contributed by atoms with E-state index in [1.54, 1.807) is 0 Å². The summed E-state index contributed by atoms with van der Waals surface area (Å²) in [5.41, 5.74) is 5.07. The minimum atomic E-state index is -1.82. The standard InChI is InChI=1S/C21H22Cl2N6.C2H2O4/c1-14-16(12-24-10-9-21-26-25-20-8-3-4-11-28(20)21)15(2)29(27-14)13-17-18(22)6-5-7-19(17)23;3-1(4)2(5)6/h3-8,11,24H,9-10,12-13H2,1-2H3;(H,3,4)(H,5,6). The number of hydrogen-bond acceptors (Lipinski definition) is 6. The van der Waals surface area contributed by atoms with Crippen LogP contribution in [0.4, 0.5) is 0 Å². The smallest absolute Gasteiger partial charge is 0.414 e. The van der Waals surface area contributed by atoms with E-state index in [2.05, 4.69) is 22.4 Å². The summed E-state index contributed by atoms with van der Waals surface area (Å²) in [5, 5.41) is 32.8. The van der Waals surface area contributed by atoms with E-state index in [9.17, 15) is 0 Å². The van der Waals surface area contributed by atoms with Crippen molar-refractivity contribution in [2.45, 2.75) is 33.4 Å². The van der Waals surface area contributed by atoms with E-state index < -0.39 is 11.9 Å². The van der Waals surface area contributed by atoms with Gasteiger partial charge in [0.1, 0.15) is 5.82 Å². The molecule has 0 aliphatic heterocycles. The van der Waals surface area contributed by atoms with E-state index in [0.29, 0.717) is 16.6 Å². The molecule has 0 bridgehead atoms. The van der Waals surface area contributed by atoms with Gasteiger partial charge in [-0.1, -0.05) is 35.3 Å². The molecule has 3 heterocycles. The number of carboxylic acids is 2. The largest absolute Gasteiger partial charge is 0.473 e. The Balaban J connectivity index is 0.000000509. The number of aryl methyl sites for hydroxylation is 1. The van der Waals surface area contributed by atoms with E-state index in [4.69, 9.17) is 48.1 Å². The van der Waals surface area contributed by atoms with Gasteiger partial charge in [-0.15, -0.1) is 10.2 Å². The number of benzene rings is 1. The molecule has 0 radical (unpaired) electrons. The van der Waals surface area contributed by atoms with Crippen LogP contribution < -0.4 is 5.32 Å². The summed E-state index contributed by atoms with van der Waals surface area (Å²) in [6, 6.07) is 11.5. The summed E-state index contributed by atoms with van der Waals surface area (Å²) in [7, 11) is 0. The molecule has 3 aromatic heterocycles. The lowest BCUT2D eigenvalue weighted by atomic mass is 10.2. The molecule has 4 aromatic rings. The molecule has 0 aliphatic rings. The van der Waals surface area contributed by atoms with E-state index in [0.717, 1.165) is 47.9 Å². The second-order valence-electron chi connectivity index (χ2n) is 7.59. The monoisotopic (exact) mass is 518 g/mol. The predicted octanol–water partition coefficient (Wildman–Crippen LogP) is 3.39. The fourth-order valence-electron chi connectivity index (χ4n) is 3.45. The molecule has 0 fully saturated rings. The van der Waals surface area contributed by atoms with E-state index in [1.165, 1.54) is 5.56 Å². The van der Waals surface area contributed by atoms with Crippen molar-refractivity contribution in [2.24, 2.45) is 0 Å². The Morgan fingerprint density at radius 2 is 1.66 bits per heavy atom. The number of fused-ring (bicyclic) bond motifs is 1. The van der Waals surface area contributed by atoms with Crippen LogP contribution in [-0.4, -0.2) is 53.1 Å². The van der Waals surface area contributed by atoms with E-state index >= 15 is 0 Å². The maximum absolute atomic E-state index is 9.10. The van der Waals surface area contributed by atoms with Crippen molar-refractivity contribution in [1.82, 2.24) is 29.7 Å². The first kappa shape index (κ1) is 26.1. The van der Waals surface area contributed by atoms with Gasteiger partial charge in [-0.05, 0) is 38.1 Å². The van der Waals surface area contributed by atoms with E-state index in [-0.39, 0.29) is 0 Å². The van der Waals surface area contributed by atoms with Crippen molar-refractivity contribution in [2.75, 3.05) is 6.54 Å². The lowest BCUT2D eigenvalue weighted by Crippen LogP contribution is -2.18. The zero-order valence-electron chi connectivity index (χ0n) is 19.1. The molecular formula is C23H24Cl2N6O4. The number of hydrogen-bond donors (Lipinski definition) is 3. The molecule has 0 saturated heterocycles. The lowest BCUT2D eigenvalue weighted by molar-refractivity contribution is -0.159. The molecule has 184 valence electrons. The maximum atomic E-state index is 9.10. The number of halogens is 2. The molecule has 3 N–H and O–H groups in total. The van der Waals surface area contributed by atoms with Crippen LogP contribution in [0.15, 0.2) is 42.6 Å². The van der Waals surface area contributed by atoms with Gasteiger partial charge in [0.05, 0.1) is 12.2 Å². The third-order valence-electron chi connectivity index (χ3n) is 5.30. The fraction of sp³-hybridized carbons (Fsp3) is 0.261. The third-order valence-corrected chi connectivity index (χ3v) is 6.00. The Morgan fingerprint density at radius 1 is 0.971 bits per heavy atom. The molecule has 0 atom stereocenters. The zero-order chi connectivity index (χ0) is 25.5. The molecule has 0 saturated carbocycles. The average Bonchev–Trinajstić information content (AvgIpc) is 3.35. The quantitative estimate of drug-likeness (QED) is 0.250. The van der Waals surface area contributed by atoms with E-state index in [1.807, 2.05) is 58.6 Å². The summed E-state index contributed by atoms with van der Waals surface area (Å²) in [6.45, 7) is 6.20. The number of aromatic nitrogens is 5. The first-order valence-corrected chi connectivity index (χ1v) is 11.4. The van der Waals surface area contributed by atoms with Gasteiger partial charge in [0.25, 0.3) is 0 Å². The molecule has 4 rings (SSSR count). The van der Waals surface area contributed by atoms with Gasteiger partial charge in [0, 0.05) is 52.6 Å². The molecule has 35 heavy (non-hydrogen) atoms. The fourth-order valence-corrected chi connectivity index (χ4v) is 3.97. The molecule has 0 aliphatic carbocycles. The Kier molecular flexibility index (Phi) is 8.80. The van der Waals surface area contributed by atoms with Gasteiger partial charge >= 0.3 is 11.9 Å². The third kappa shape index (κ3) is 6.56. The topological polar surface area (TPSA) is 135 Å². The second-order valence-corrected chi connectivity index (χ2v) is 8.40. The molecule has 0 spiro atoms. The minimum absolute atomic E-state index is 0.552. The number of pyridine rings is 1. The van der Waals surface area contributed by atoms with Crippen molar-refractivity contribution >= 4 is 40.8 Å². The van der Waals surface area contributed by atoms with Gasteiger partial charge in [0.15, 0.2) is 5.65 Å². The van der Waals surface area contributed by atoms with Crippen LogP contribution >= 0.6 is 23.2 Å². The summed E-state index contributed by atoms with van der Waals surface area (Å²) in [5.74, 6) is -2.70. The van der Waals surface area contributed by atoms with Crippen LogP contribution in [0.2, 0.25) is 10.0 Å². The average molecular weight is 519 g/mol. The normalized spacial score (nSPS) is 10.7. The van der Waals surface area contributed by atoms with Crippen LogP contribution in [0.25, 0.3) is 5.65 Å². The number of nitrogens with zero attached hydrogens (tertiary/aromatic N) is 5. The van der Waals surface area contributed by atoms with Crippen LogP contribution in [0, 0.1) is 13.8 Å². The number of nitrogens with one attached hydrogen (secondary N) is 1. The number of carboxylic acid groups (broad SMARTS) is 2. The second kappa shape index (κ2) is 11.8. The van der Waals surface area contributed by atoms with Gasteiger partial charge in [-0.3, -0.25) is 9.08 Å². The van der Waals surface area contributed by atoms with Gasteiger partial charge in [-0.25, -0.2) is 9.59 Å². The Labute approximate surface area is 211 Å². The van der Waals surface area contributed by atoms with Gasteiger partial charge in [0.2, 0.25) is 0 Å². The summed E-state index contributed by atoms with van der Waals surface area (Å²) in [6.07, 6.45) is 2.79. The zero-order valence-corrected chi connectivity index (χ0v) is 20.6. The Morgan fingerprint density at radius 3 is 2.31 bits per heavy atom. The van der Waals surface area contributed by atoms with Crippen LogP contribution in [0.1, 0.15) is 28.3 Å². The SMILES string of the molecule is Cc1nn(Cc2c(Cl)cccc2Cl)c(C)c1CNCCc1nnc2ccccn12.O=C(O)C(=O)O. The van der Waals surface area contributed by atoms with Crippen LogP contribution in [0.5, 0.6) is 0 Å². The summed E-state index contributed by atoms with van der Waals surface area (Å²) >= 11 is 12.6. The molecule has 0 amide bonds. The first-order valence-electron chi connectivity index (χ1n) is 10.6. The van der Waals surface area contributed by atoms with Gasteiger partial charge in [-0.2, -0.15) is 5.10 Å². The van der Waals surface area contributed by atoms with Crippen LogP contribution in [-0.2, 0) is 29.1 Å². The summed E-state index contributed by atoms with van der Waals surface area (Å²) < 4.78 is 3.98. The highest BCUT2D eigenvalue weighted by Crippen LogP contribution is 2.26. The number of carbonyl (C=O) groups is 2. The number of rotatable bonds is 7. The Bertz CT molecular complexity index is 1320. The highest BCUT2D eigenvalue weighted by atomic mass is 35.5. The molecule has 12 heteroatoms. The molecule has 10 nitrogen and oxygen atoms in total. The van der Waals surface area contributed by atoms with Crippen molar-refractivity contribution < 1.29 is 19.8 Å². The summed E-state index contributed by atoms with van der Waals surface area (Å²) in [4.78, 5) is 18.2. The maximum Gasteiger partial charge on any atom is 0.414 e.